The summed E-state index contributed by atoms with van der Waals surface area (Å²) in [6.45, 7) is 12.0. The van der Waals surface area contributed by atoms with Gasteiger partial charge in [-0.3, -0.25) is 9.59 Å². The number of piperidine rings is 1. The first-order chi connectivity index (χ1) is 12.1. The molecule has 2 rings (SSSR count). The lowest BCUT2D eigenvalue weighted by Crippen LogP contribution is -2.48. The van der Waals surface area contributed by atoms with E-state index in [1.54, 1.807) is 9.80 Å². The molecule has 0 spiro atoms. The Hall–Kier alpha value is -1.79. The second-order valence-electron chi connectivity index (χ2n) is 8.82. The quantitative estimate of drug-likeness (QED) is 0.824. The van der Waals surface area contributed by atoms with Gasteiger partial charge in [0, 0.05) is 37.6 Å². The van der Waals surface area contributed by atoms with E-state index in [-0.39, 0.29) is 41.8 Å². The Balaban J connectivity index is 1.76. The summed E-state index contributed by atoms with van der Waals surface area (Å²) in [5.41, 5.74) is -0.256. The van der Waals surface area contributed by atoms with Crippen LogP contribution in [0.25, 0.3) is 0 Å². The molecular weight excluding hydrogens is 334 g/mol. The third-order valence-corrected chi connectivity index (χ3v) is 4.95. The second kappa shape index (κ2) is 8.27. The smallest absolute Gasteiger partial charge is 0.409 e. The highest BCUT2D eigenvalue weighted by atomic mass is 16.6. The minimum Gasteiger partial charge on any atom is -0.449 e. The third kappa shape index (κ3) is 5.35. The first kappa shape index (κ1) is 20.5. The van der Waals surface area contributed by atoms with Gasteiger partial charge >= 0.3 is 6.09 Å². The minimum atomic E-state index is -0.282. The van der Waals surface area contributed by atoms with E-state index in [9.17, 15) is 14.4 Å². The molecule has 1 N–H and O–H groups in total. The van der Waals surface area contributed by atoms with Crippen molar-refractivity contribution in [2.24, 2.45) is 11.8 Å². The Morgan fingerprint density at radius 1 is 1.23 bits per heavy atom. The molecule has 0 radical (unpaired) electrons. The summed E-state index contributed by atoms with van der Waals surface area (Å²) < 4.78 is 5.25. The molecule has 3 amide bonds. The molecule has 1 unspecified atom stereocenters. The highest BCUT2D eigenvalue weighted by Gasteiger charge is 2.40. The third-order valence-electron chi connectivity index (χ3n) is 4.95. The number of carbonyl (C=O) groups excluding carboxylic acids is 3. The van der Waals surface area contributed by atoms with Crippen LogP contribution in [0.2, 0.25) is 0 Å². The van der Waals surface area contributed by atoms with Crippen molar-refractivity contribution in [2.75, 3.05) is 26.2 Å². The maximum atomic E-state index is 12.5. The molecule has 2 aliphatic rings. The van der Waals surface area contributed by atoms with E-state index in [1.165, 1.54) is 0 Å². The van der Waals surface area contributed by atoms with Gasteiger partial charge in [0.1, 0.15) is 0 Å². The van der Waals surface area contributed by atoms with Crippen LogP contribution < -0.4 is 5.32 Å². The van der Waals surface area contributed by atoms with Crippen molar-refractivity contribution in [1.82, 2.24) is 15.1 Å². The van der Waals surface area contributed by atoms with Crippen LogP contribution in [0.15, 0.2) is 0 Å². The van der Waals surface area contributed by atoms with E-state index in [0.29, 0.717) is 45.0 Å². The summed E-state index contributed by atoms with van der Waals surface area (Å²) in [4.78, 5) is 40.1. The fourth-order valence-electron chi connectivity index (χ4n) is 3.39. The molecule has 0 aromatic heterocycles. The summed E-state index contributed by atoms with van der Waals surface area (Å²) in [5, 5.41) is 3.07. The van der Waals surface area contributed by atoms with Gasteiger partial charge in [-0.15, -0.1) is 0 Å². The molecule has 2 aliphatic heterocycles. The van der Waals surface area contributed by atoms with E-state index in [4.69, 9.17) is 4.74 Å². The SMILES string of the molecule is CC(C)COC(=O)N1CCC(NC(=O)C2CC(=O)N(C(C)(C)C)C2)CC1. The van der Waals surface area contributed by atoms with Crippen molar-refractivity contribution in [3.8, 4) is 0 Å². The molecule has 0 aromatic carbocycles. The zero-order valence-corrected chi connectivity index (χ0v) is 16.7. The van der Waals surface area contributed by atoms with E-state index >= 15 is 0 Å². The van der Waals surface area contributed by atoms with E-state index in [0.717, 1.165) is 0 Å². The summed E-state index contributed by atoms with van der Waals surface area (Å²) in [5.74, 6) is 0.0274. The molecule has 0 saturated carbocycles. The lowest BCUT2D eigenvalue weighted by Gasteiger charge is -2.33. The topological polar surface area (TPSA) is 79.0 Å². The second-order valence-corrected chi connectivity index (χ2v) is 8.82. The average Bonchev–Trinajstić information content (AvgIpc) is 2.95. The molecule has 0 aromatic rings. The standard InChI is InChI=1S/C19H33N3O4/c1-13(2)12-26-18(25)21-8-6-15(7-9-21)20-17(24)14-10-16(23)22(11-14)19(3,4)5/h13-15H,6-12H2,1-5H3,(H,20,24). The van der Waals surface area contributed by atoms with Gasteiger partial charge in [-0.05, 0) is 39.5 Å². The summed E-state index contributed by atoms with van der Waals surface area (Å²) in [7, 11) is 0. The monoisotopic (exact) mass is 367 g/mol. The molecule has 7 heteroatoms. The highest BCUT2D eigenvalue weighted by Crippen LogP contribution is 2.26. The predicted molar refractivity (Wildman–Crippen MR) is 98.5 cm³/mol. The molecule has 7 nitrogen and oxygen atoms in total. The van der Waals surface area contributed by atoms with Crippen LogP contribution in [0.4, 0.5) is 4.79 Å². The van der Waals surface area contributed by atoms with Gasteiger partial charge in [0.2, 0.25) is 11.8 Å². The Kier molecular flexibility index (Phi) is 6.53. The Morgan fingerprint density at radius 2 is 1.85 bits per heavy atom. The summed E-state index contributed by atoms with van der Waals surface area (Å²) in [6, 6.07) is 0.0513. The molecular formula is C19H33N3O4. The number of nitrogens with zero attached hydrogens (tertiary/aromatic N) is 2. The van der Waals surface area contributed by atoms with Crippen LogP contribution in [0.3, 0.4) is 0 Å². The summed E-state index contributed by atoms with van der Waals surface area (Å²) >= 11 is 0. The van der Waals surface area contributed by atoms with Crippen molar-refractivity contribution in [2.45, 2.75) is 65.5 Å². The Labute approximate surface area is 156 Å². The predicted octanol–water partition coefficient (Wildman–Crippen LogP) is 2.01. The molecule has 2 saturated heterocycles. The number of amides is 3. The van der Waals surface area contributed by atoms with Crippen molar-refractivity contribution < 1.29 is 19.1 Å². The van der Waals surface area contributed by atoms with Gasteiger partial charge in [0.25, 0.3) is 0 Å². The first-order valence-corrected chi connectivity index (χ1v) is 9.60. The number of hydrogen-bond acceptors (Lipinski definition) is 4. The number of ether oxygens (including phenoxy) is 1. The van der Waals surface area contributed by atoms with Crippen LogP contribution in [-0.2, 0) is 14.3 Å². The number of likely N-dealkylation sites (tertiary alicyclic amines) is 2. The van der Waals surface area contributed by atoms with Crippen molar-refractivity contribution >= 4 is 17.9 Å². The van der Waals surface area contributed by atoms with Crippen LogP contribution in [0.5, 0.6) is 0 Å². The van der Waals surface area contributed by atoms with Gasteiger partial charge in [0.15, 0.2) is 0 Å². The van der Waals surface area contributed by atoms with Gasteiger partial charge in [-0.25, -0.2) is 4.79 Å². The van der Waals surface area contributed by atoms with Crippen LogP contribution >= 0.6 is 0 Å². The number of rotatable bonds is 4. The molecule has 2 fully saturated rings. The molecule has 1 atom stereocenters. The van der Waals surface area contributed by atoms with Gasteiger partial charge in [0.05, 0.1) is 12.5 Å². The zero-order chi connectivity index (χ0) is 19.5. The first-order valence-electron chi connectivity index (χ1n) is 9.60. The van der Waals surface area contributed by atoms with E-state index in [2.05, 4.69) is 5.32 Å². The Bertz CT molecular complexity index is 533. The van der Waals surface area contributed by atoms with Gasteiger partial charge < -0.3 is 19.9 Å². The fourth-order valence-corrected chi connectivity index (χ4v) is 3.39. The largest absolute Gasteiger partial charge is 0.449 e. The zero-order valence-electron chi connectivity index (χ0n) is 16.7. The van der Waals surface area contributed by atoms with E-state index < -0.39 is 0 Å². The van der Waals surface area contributed by atoms with Gasteiger partial charge in [-0.2, -0.15) is 0 Å². The van der Waals surface area contributed by atoms with Crippen molar-refractivity contribution in [1.29, 1.82) is 0 Å². The van der Waals surface area contributed by atoms with Crippen molar-refractivity contribution in [3.63, 3.8) is 0 Å². The molecule has 0 bridgehead atoms. The maximum absolute atomic E-state index is 12.5. The van der Waals surface area contributed by atoms with Crippen LogP contribution in [-0.4, -0.2) is 65.5 Å². The molecule has 0 aliphatic carbocycles. The van der Waals surface area contributed by atoms with Crippen LogP contribution in [0.1, 0.15) is 53.9 Å². The number of nitrogens with one attached hydrogen (secondary N) is 1. The normalized spacial score (nSPS) is 22.1. The molecule has 148 valence electrons. The minimum absolute atomic E-state index is 0.0420. The van der Waals surface area contributed by atoms with Gasteiger partial charge in [-0.1, -0.05) is 13.8 Å². The number of hydrogen-bond donors (Lipinski definition) is 1. The maximum Gasteiger partial charge on any atom is 0.409 e. The van der Waals surface area contributed by atoms with E-state index in [1.807, 2.05) is 34.6 Å². The molecule has 2 heterocycles. The fraction of sp³-hybridized carbons (Fsp3) is 0.842. The van der Waals surface area contributed by atoms with Crippen LogP contribution in [0, 0.1) is 11.8 Å². The lowest BCUT2D eigenvalue weighted by molar-refractivity contribution is -0.132. The summed E-state index contributed by atoms with van der Waals surface area (Å²) in [6.07, 6.45) is 1.44. The lowest BCUT2D eigenvalue weighted by atomic mass is 10.0. The average molecular weight is 367 g/mol. The Morgan fingerprint density at radius 3 is 2.35 bits per heavy atom. The highest BCUT2D eigenvalue weighted by molar-refractivity contribution is 5.89. The van der Waals surface area contributed by atoms with Crippen molar-refractivity contribution in [3.05, 3.63) is 0 Å². The number of carbonyl (C=O) groups is 3. The molecule has 26 heavy (non-hydrogen) atoms.